The number of sulfonamides is 1. The smallest absolute Gasteiger partial charge is 0.341 e. The Balaban J connectivity index is 1.35. The lowest BCUT2D eigenvalue weighted by molar-refractivity contribution is -0.929. The van der Waals surface area contributed by atoms with E-state index < -0.39 is 21.9 Å². The normalized spacial score (nSPS) is 14.6. The number of benzene rings is 3. The molecule has 0 fully saturated rings. The van der Waals surface area contributed by atoms with Gasteiger partial charge in [-0.25, -0.2) is 13.2 Å². The van der Waals surface area contributed by atoms with Crippen molar-refractivity contribution in [1.82, 2.24) is 0 Å². The molecule has 2 N–H and O–H groups in total. The highest BCUT2D eigenvalue weighted by Crippen LogP contribution is 2.36. The summed E-state index contributed by atoms with van der Waals surface area (Å²) in [7, 11) is -2.32. The second-order valence-electron chi connectivity index (χ2n) is 9.80. The highest BCUT2D eigenvalue weighted by atomic mass is 32.2. The van der Waals surface area contributed by atoms with Crippen LogP contribution in [0, 0.1) is 0 Å². The van der Waals surface area contributed by atoms with E-state index in [2.05, 4.69) is 17.4 Å². The predicted octanol–water partition coefficient (Wildman–Crippen LogP) is 4.14. The number of hydrogen-bond acceptors (Lipinski definition) is 6. The van der Waals surface area contributed by atoms with Crippen LogP contribution in [0.3, 0.4) is 0 Å². The van der Waals surface area contributed by atoms with E-state index in [-0.39, 0.29) is 17.1 Å². The first-order valence-corrected chi connectivity index (χ1v) is 15.7. The maximum atomic E-state index is 13.3. The van der Waals surface area contributed by atoms with Gasteiger partial charge in [-0.3, -0.25) is 9.10 Å². The molecule has 0 radical (unpaired) electrons. The fourth-order valence-corrected chi connectivity index (χ4v) is 7.47. The molecule has 2 heterocycles. The molecular formula is C31H32N3O5S2+. The number of nitrogens with one attached hydrogen (secondary N) is 2. The van der Waals surface area contributed by atoms with E-state index >= 15 is 0 Å². The zero-order valence-electron chi connectivity index (χ0n) is 22.9. The molecule has 1 atom stereocenters. The van der Waals surface area contributed by atoms with Gasteiger partial charge < -0.3 is 15.0 Å². The summed E-state index contributed by atoms with van der Waals surface area (Å²) < 4.78 is 32.8. The lowest BCUT2D eigenvalue weighted by Crippen LogP contribution is -3.10. The number of fused-ring (bicyclic) bond motifs is 1. The molecule has 1 aliphatic rings. The van der Waals surface area contributed by atoms with Crippen LogP contribution in [0.5, 0.6) is 0 Å². The fourth-order valence-electron chi connectivity index (χ4n) is 4.97. The number of nitrogens with zero attached hydrogens (tertiary/aromatic N) is 1. The van der Waals surface area contributed by atoms with Crippen LogP contribution < -0.4 is 14.5 Å². The summed E-state index contributed by atoms with van der Waals surface area (Å²) >= 11 is 1.41. The third kappa shape index (κ3) is 6.19. The summed E-state index contributed by atoms with van der Waals surface area (Å²) in [6, 6.07) is 24.9. The van der Waals surface area contributed by atoms with Crippen LogP contribution in [-0.4, -0.2) is 40.5 Å². The van der Waals surface area contributed by atoms with Crippen LogP contribution in [0.15, 0.2) is 89.8 Å². The van der Waals surface area contributed by atoms with Crippen LogP contribution in [0.2, 0.25) is 0 Å². The van der Waals surface area contributed by atoms with Crippen LogP contribution >= 0.6 is 11.3 Å². The maximum absolute atomic E-state index is 13.3. The van der Waals surface area contributed by atoms with Gasteiger partial charge in [-0.15, -0.1) is 11.3 Å². The van der Waals surface area contributed by atoms with Crippen molar-refractivity contribution in [1.29, 1.82) is 0 Å². The molecular weight excluding hydrogens is 558 g/mol. The molecule has 1 aliphatic heterocycles. The molecule has 8 nitrogen and oxygen atoms in total. The molecule has 5 rings (SSSR count). The predicted molar refractivity (Wildman–Crippen MR) is 160 cm³/mol. The molecule has 4 aromatic rings. The Kier molecular flexibility index (Phi) is 8.53. The van der Waals surface area contributed by atoms with Crippen molar-refractivity contribution < 1.29 is 27.6 Å². The first kappa shape index (κ1) is 28.5. The van der Waals surface area contributed by atoms with E-state index in [1.54, 1.807) is 31.2 Å². The van der Waals surface area contributed by atoms with Gasteiger partial charge in [-0.2, -0.15) is 0 Å². The molecule has 0 saturated carbocycles. The standard InChI is InChI=1S/C31H31N3O5S2/c1-3-39-31(36)28-26-18-19-34(20-22-10-6-4-7-11-22)21-27(26)40-30(28)32-29(35)23-14-16-25(17-15-23)41(37,38)33(2)24-12-8-5-9-13-24/h4-17H,3,18-21H2,1-2H3,(H,32,35)/p+1. The molecule has 212 valence electrons. The minimum atomic E-state index is -3.81. The number of ether oxygens (including phenoxy) is 1. The number of carbonyl (C=O) groups excluding carboxylic acids is 2. The number of para-hydroxylation sites is 1. The fraction of sp³-hybridized carbons (Fsp3) is 0.226. The Morgan fingerprint density at radius 3 is 2.29 bits per heavy atom. The van der Waals surface area contributed by atoms with Gasteiger partial charge in [-0.05, 0) is 48.9 Å². The van der Waals surface area contributed by atoms with Gasteiger partial charge in [0.05, 0.1) is 34.2 Å². The molecule has 1 aromatic heterocycles. The van der Waals surface area contributed by atoms with E-state index in [0.29, 0.717) is 22.7 Å². The van der Waals surface area contributed by atoms with E-state index in [4.69, 9.17) is 4.74 Å². The van der Waals surface area contributed by atoms with Crippen molar-refractivity contribution in [2.24, 2.45) is 0 Å². The number of quaternary nitrogens is 1. The number of anilines is 2. The van der Waals surface area contributed by atoms with E-state index in [1.165, 1.54) is 57.4 Å². The molecule has 0 saturated heterocycles. The number of hydrogen-bond donors (Lipinski definition) is 2. The third-order valence-corrected chi connectivity index (χ3v) is 10.1. The number of esters is 1. The maximum Gasteiger partial charge on any atom is 0.341 e. The minimum absolute atomic E-state index is 0.0701. The van der Waals surface area contributed by atoms with Crippen molar-refractivity contribution in [3.05, 3.63) is 112 Å². The Labute approximate surface area is 244 Å². The summed E-state index contributed by atoms with van der Waals surface area (Å²) in [4.78, 5) is 28.8. The molecule has 0 spiro atoms. The summed E-state index contributed by atoms with van der Waals surface area (Å²) in [6.07, 6.45) is 0.708. The summed E-state index contributed by atoms with van der Waals surface area (Å²) in [5, 5.41) is 3.36. The Hall–Kier alpha value is -3.99. The monoisotopic (exact) mass is 590 g/mol. The Morgan fingerprint density at radius 2 is 1.63 bits per heavy atom. The molecule has 1 amide bonds. The Bertz CT molecular complexity index is 1640. The van der Waals surface area contributed by atoms with Crippen LogP contribution in [0.25, 0.3) is 0 Å². The van der Waals surface area contributed by atoms with Crippen molar-refractivity contribution in [2.75, 3.05) is 29.8 Å². The van der Waals surface area contributed by atoms with Gasteiger partial charge in [0.25, 0.3) is 15.9 Å². The van der Waals surface area contributed by atoms with Crippen molar-refractivity contribution >= 4 is 43.9 Å². The minimum Gasteiger partial charge on any atom is -0.462 e. The molecule has 41 heavy (non-hydrogen) atoms. The van der Waals surface area contributed by atoms with Crippen LogP contribution in [-0.2, 0) is 34.3 Å². The topological polar surface area (TPSA) is 97.2 Å². The second kappa shape index (κ2) is 12.3. The largest absolute Gasteiger partial charge is 0.462 e. The molecule has 1 unspecified atom stereocenters. The zero-order valence-corrected chi connectivity index (χ0v) is 24.6. The third-order valence-electron chi connectivity index (χ3n) is 7.13. The number of thiophene rings is 1. The first-order chi connectivity index (χ1) is 19.8. The van der Waals surface area contributed by atoms with E-state index in [9.17, 15) is 18.0 Å². The van der Waals surface area contributed by atoms with Crippen LogP contribution in [0.1, 0.15) is 43.6 Å². The molecule has 0 bridgehead atoms. The highest BCUT2D eigenvalue weighted by molar-refractivity contribution is 7.92. The van der Waals surface area contributed by atoms with E-state index in [0.717, 1.165) is 30.1 Å². The van der Waals surface area contributed by atoms with Crippen LogP contribution in [0.4, 0.5) is 10.7 Å². The number of carbonyl (C=O) groups is 2. The zero-order chi connectivity index (χ0) is 29.0. The lowest BCUT2D eigenvalue weighted by atomic mass is 10.0. The van der Waals surface area contributed by atoms with Gasteiger partial charge in [-0.1, -0.05) is 48.5 Å². The molecule has 0 aliphatic carbocycles. The number of amides is 1. The van der Waals surface area contributed by atoms with Gasteiger partial charge in [0.2, 0.25) is 0 Å². The SMILES string of the molecule is CCOC(=O)c1c(NC(=O)c2ccc(S(=O)(=O)N(C)c3ccccc3)cc2)sc2c1CC[NH+](Cc1ccccc1)C2. The van der Waals surface area contributed by atoms with E-state index in [1.807, 2.05) is 24.3 Å². The van der Waals surface area contributed by atoms with Gasteiger partial charge >= 0.3 is 5.97 Å². The summed E-state index contributed by atoms with van der Waals surface area (Å²) in [5.74, 6) is -0.875. The van der Waals surface area contributed by atoms with Gasteiger partial charge in [0.15, 0.2) is 0 Å². The quantitative estimate of drug-likeness (QED) is 0.286. The lowest BCUT2D eigenvalue weighted by Gasteiger charge is -2.24. The molecule has 3 aromatic carbocycles. The molecule has 10 heteroatoms. The first-order valence-electron chi connectivity index (χ1n) is 13.4. The summed E-state index contributed by atoms with van der Waals surface area (Å²) in [5.41, 5.74) is 3.42. The van der Waals surface area contributed by atoms with Crippen molar-refractivity contribution in [3.63, 3.8) is 0 Å². The Morgan fingerprint density at radius 1 is 0.976 bits per heavy atom. The highest BCUT2D eigenvalue weighted by Gasteiger charge is 2.31. The number of rotatable bonds is 9. The van der Waals surface area contributed by atoms with Gasteiger partial charge in [0.1, 0.15) is 18.1 Å². The van der Waals surface area contributed by atoms with Crippen molar-refractivity contribution in [2.45, 2.75) is 31.3 Å². The van der Waals surface area contributed by atoms with Crippen molar-refractivity contribution in [3.8, 4) is 0 Å². The summed E-state index contributed by atoms with van der Waals surface area (Å²) in [6.45, 7) is 4.48. The second-order valence-corrected chi connectivity index (χ2v) is 12.9. The van der Waals surface area contributed by atoms with Gasteiger partial charge in [0, 0.05) is 24.6 Å². The average molecular weight is 591 g/mol. The average Bonchev–Trinajstić information content (AvgIpc) is 3.35.